The van der Waals surface area contributed by atoms with E-state index in [0.717, 1.165) is 23.5 Å². The molecule has 0 fully saturated rings. The van der Waals surface area contributed by atoms with Gasteiger partial charge in [0, 0.05) is 35.8 Å². The van der Waals surface area contributed by atoms with Crippen LogP contribution in [0.3, 0.4) is 0 Å². The van der Waals surface area contributed by atoms with Gasteiger partial charge in [0.25, 0.3) is 5.19 Å². The molecule has 140 valence electrons. The lowest BCUT2D eigenvalue weighted by Crippen LogP contribution is -2.15. The summed E-state index contributed by atoms with van der Waals surface area (Å²) in [6, 6.07) is 4.92. The van der Waals surface area contributed by atoms with Crippen LogP contribution < -0.4 is 4.74 Å². The predicted octanol–water partition coefficient (Wildman–Crippen LogP) is 4.33. The molecule has 0 N–H and O–H groups in total. The van der Waals surface area contributed by atoms with Gasteiger partial charge in [-0.1, -0.05) is 31.3 Å². The average molecular weight is 390 g/mol. The van der Waals surface area contributed by atoms with Crippen LogP contribution in [-0.4, -0.2) is 21.3 Å². The van der Waals surface area contributed by atoms with Crippen molar-refractivity contribution < 1.29 is 23.1 Å². The fourth-order valence-electron chi connectivity index (χ4n) is 2.51. The van der Waals surface area contributed by atoms with Gasteiger partial charge in [-0.3, -0.25) is 4.79 Å². The minimum absolute atomic E-state index is 0.0743. The van der Waals surface area contributed by atoms with E-state index < -0.39 is 17.6 Å². The van der Waals surface area contributed by atoms with Crippen molar-refractivity contribution in [3.63, 3.8) is 0 Å². The predicted molar refractivity (Wildman–Crippen MR) is 96.1 cm³/mol. The summed E-state index contributed by atoms with van der Waals surface area (Å²) in [5.74, 6) is -3.01. The number of carbonyl (C=O) groups excluding carboxylic acids is 2. The Bertz CT molecular complexity index is 981. The molecule has 0 saturated heterocycles. The smallest absolute Gasteiger partial charge is 0.362 e. The number of Topliss-reactive ketones (excluding diaryl/α,β-unsaturated/α-hetero) is 1. The number of ether oxygens (including phenoxy) is 1. The summed E-state index contributed by atoms with van der Waals surface area (Å²) in [6.45, 7) is 3.58. The van der Waals surface area contributed by atoms with Crippen LogP contribution in [0.4, 0.5) is 8.78 Å². The average Bonchev–Trinajstić information content (AvgIpc) is 3.27. The van der Waals surface area contributed by atoms with Crippen LogP contribution in [0.25, 0.3) is 0 Å². The van der Waals surface area contributed by atoms with Crippen molar-refractivity contribution >= 4 is 23.1 Å². The topological polar surface area (TPSA) is 61.2 Å². The third-order valence-corrected chi connectivity index (χ3v) is 4.49. The van der Waals surface area contributed by atoms with Crippen molar-refractivity contribution in [1.29, 1.82) is 0 Å². The Morgan fingerprint density at radius 2 is 2.00 bits per heavy atom. The maximum absolute atomic E-state index is 13.5. The molecule has 3 rings (SSSR count). The molecule has 1 aromatic carbocycles. The first-order chi connectivity index (χ1) is 12.8. The molecule has 0 radical (unpaired) electrons. The molecule has 2 heterocycles. The highest BCUT2D eigenvalue weighted by Crippen LogP contribution is 2.20. The number of aromatic nitrogens is 2. The van der Waals surface area contributed by atoms with E-state index in [-0.39, 0.29) is 29.1 Å². The molecule has 0 aliphatic carbocycles. The van der Waals surface area contributed by atoms with Gasteiger partial charge in [0.05, 0.1) is 0 Å². The highest BCUT2D eigenvalue weighted by Gasteiger charge is 2.21. The number of halogens is 2. The molecule has 0 saturated carbocycles. The Morgan fingerprint density at radius 3 is 2.63 bits per heavy atom. The summed E-state index contributed by atoms with van der Waals surface area (Å²) in [5.41, 5.74) is 0.911. The first kappa shape index (κ1) is 18.9. The summed E-state index contributed by atoms with van der Waals surface area (Å²) < 4.78 is 33.3. The van der Waals surface area contributed by atoms with E-state index in [4.69, 9.17) is 4.74 Å². The molecule has 0 unspecified atom stereocenters. The van der Waals surface area contributed by atoms with Gasteiger partial charge in [0.15, 0.2) is 17.4 Å². The Balaban J connectivity index is 1.95. The Morgan fingerprint density at radius 1 is 1.22 bits per heavy atom. The van der Waals surface area contributed by atoms with E-state index in [0.29, 0.717) is 11.1 Å². The fraction of sp³-hybridized carbons (Fsp3) is 0.211. The molecule has 0 bridgehead atoms. The molecule has 3 aromatic rings. The third kappa shape index (κ3) is 4.28. The summed E-state index contributed by atoms with van der Waals surface area (Å²) in [6.07, 6.45) is 3.02. The molecule has 8 heteroatoms. The van der Waals surface area contributed by atoms with E-state index in [1.807, 2.05) is 0 Å². The number of benzene rings is 1. The highest BCUT2D eigenvalue weighted by atomic mass is 32.1. The monoisotopic (exact) mass is 390 g/mol. The molecular weight excluding hydrogens is 374 g/mol. The number of ketones is 1. The quantitative estimate of drug-likeness (QED) is 0.464. The SMILES string of the molecule is CC(C)C(=O)c1cc(C(=O)Oc2nccs2)n(Cc2ccc(F)c(F)c2)c1. The molecule has 0 aliphatic rings. The van der Waals surface area contributed by atoms with E-state index in [2.05, 4.69) is 4.98 Å². The van der Waals surface area contributed by atoms with Crippen LogP contribution in [0.2, 0.25) is 0 Å². The molecule has 2 aromatic heterocycles. The van der Waals surface area contributed by atoms with E-state index in [9.17, 15) is 18.4 Å². The second kappa shape index (κ2) is 7.79. The van der Waals surface area contributed by atoms with Gasteiger partial charge in [0.2, 0.25) is 0 Å². The van der Waals surface area contributed by atoms with Gasteiger partial charge in [-0.2, -0.15) is 0 Å². The first-order valence-corrected chi connectivity index (χ1v) is 9.03. The molecule has 5 nitrogen and oxygen atoms in total. The summed E-state index contributed by atoms with van der Waals surface area (Å²) in [7, 11) is 0. The summed E-state index contributed by atoms with van der Waals surface area (Å²) in [4.78, 5) is 28.7. The molecule has 27 heavy (non-hydrogen) atoms. The highest BCUT2D eigenvalue weighted by molar-refractivity contribution is 7.11. The van der Waals surface area contributed by atoms with Crippen molar-refractivity contribution in [3.8, 4) is 5.19 Å². The van der Waals surface area contributed by atoms with Crippen LogP contribution in [0.5, 0.6) is 5.19 Å². The first-order valence-electron chi connectivity index (χ1n) is 8.15. The minimum atomic E-state index is -0.981. The van der Waals surface area contributed by atoms with Crippen molar-refractivity contribution in [2.45, 2.75) is 20.4 Å². The molecular formula is C19H16F2N2O3S. The third-order valence-electron chi connectivity index (χ3n) is 3.84. The Kier molecular flexibility index (Phi) is 5.46. The van der Waals surface area contributed by atoms with Gasteiger partial charge in [-0.25, -0.2) is 18.6 Å². The Labute approximate surface area is 158 Å². The largest absolute Gasteiger partial charge is 0.393 e. The number of rotatable bonds is 6. The maximum Gasteiger partial charge on any atom is 0.362 e. The van der Waals surface area contributed by atoms with Crippen molar-refractivity contribution in [3.05, 3.63) is 70.5 Å². The number of esters is 1. The number of carbonyl (C=O) groups is 2. The van der Waals surface area contributed by atoms with Crippen LogP contribution in [-0.2, 0) is 6.54 Å². The second-order valence-electron chi connectivity index (χ2n) is 6.20. The Hall–Kier alpha value is -2.87. The standard InChI is InChI=1S/C19H16F2N2O3S/c1-11(2)17(24)13-8-16(18(25)26-19-22-5-6-27-19)23(10-13)9-12-3-4-14(20)15(21)7-12/h3-8,10-11H,9H2,1-2H3. The van der Waals surface area contributed by atoms with Gasteiger partial charge in [-0.15, -0.1) is 0 Å². The number of hydrogen-bond acceptors (Lipinski definition) is 5. The van der Waals surface area contributed by atoms with Crippen LogP contribution >= 0.6 is 11.3 Å². The molecule has 0 spiro atoms. The van der Waals surface area contributed by atoms with Crippen LogP contribution in [0.15, 0.2) is 42.0 Å². The van der Waals surface area contributed by atoms with Crippen molar-refractivity contribution in [2.75, 3.05) is 0 Å². The summed E-state index contributed by atoms with van der Waals surface area (Å²) >= 11 is 1.16. The second-order valence-corrected chi connectivity index (χ2v) is 7.05. The molecule has 0 atom stereocenters. The normalized spacial score (nSPS) is 11.0. The zero-order chi connectivity index (χ0) is 19.6. The van der Waals surface area contributed by atoms with Crippen molar-refractivity contribution in [1.82, 2.24) is 9.55 Å². The van der Waals surface area contributed by atoms with E-state index in [1.165, 1.54) is 29.1 Å². The zero-order valence-corrected chi connectivity index (χ0v) is 15.4. The van der Waals surface area contributed by atoms with Crippen LogP contribution in [0.1, 0.15) is 40.3 Å². The van der Waals surface area contributed by atoms with Gasteiger partial charge >= 0.3 is 5.97 Å². The lowest BCUT2D eigenvalue weighted by atomic mass is 10.0. The number of nitrogens with zero attached hydrogens (tertiary/aromatic N) is 2. The lowest BCUT2D eigenvalue weighted by Gasteiger charge is -2.08. The molecule has 0 amide bonds. The van der Waals surface area contributed by atoms with Crippen LogP contribution in [0, 0.1) is 17.6 Å². The summed E-state index contributed by atoms with van der Waals surface area (Å²) in [5, 5.41) is 1.84. The van der Waals surface area contributed by atoms with Gasteiger partial charge in [-0.05, 0) is 23.8 Å². The van der Waals surface area contributed by atoms with Crippen molar-refractivity contribution in [2.24, 2.45) is 5.92 Å². The lowest BCUT2D eigenvalue weighted by molar-refractivity contribution is 0.0723. The minimum Gasteiger partial charge on any atom is -0.393 e. The number of hydrogen-bond donors (Lipinski definition) is 0. The van der Waals surface area contributed by atoms with E-state index in [1.54, 1.807) is 19.2 Å². The number of thiazole rings is 1. The van der Waals surface area contributed by atoms with Gasteiger partial charge in [0.1, 0.15) is 5.69 Å². The van der Waals surface area contributed by atoms with Gasteiger partial charge < -0.3 is 9.30 Å². The molecule has 0 aliphatic heterocycles. The maximum atomic E-state index is 13.5. The zero-order valence-electron chi connectivity index (χ0n) is 14.6. The van der Waals surface area contributed by atoms with E-state index >= 15 is 0 Å². The fourth-order valence-corrected chi connectivity index (χ4v) is 2.99.